The lowest BCUT2D eigenvalue weighted by Gasteiger charge is -2.11. The van der Waals surface area contributed by atoms with Crippen LogP contribution >= 0.6 is 46.5 Å². The molecule has 0 bridgehead atoms. The average Bonchev–Trinajstić information content (AvgIpc) is 3.57. The van der Waals surface area contributed by atoms with Gasteiger partial charge in [0.05, 0.1) is 24.6 Å². The third-order valence-corrected chi connectivity index (χ3v) is 8.33. The van der Waals surface area contributed by atoms with Gasteiger partial charge in [-0.25, -0.2) is 0 Å². The predicted molar refractivity (Wildman–Crippen MR) is 160 cm³/mol. The molecule has 2 heterocycles. The quantitative estimate of drug-likeness (QED) is 0.104. The molecule has 2 N–H and O–H groups in total. The number of hydrogen-bond acceptors (Lipinski definition) is 10. The van der Waals surface area contributed by atoms with Gasteiger partial charge < -0.3 is 10.1 Å². The first kappa shape index (κ1) is 29.8. The molecule has 0 saturated heterocycles. The molecular formula is C26H28ClN7O3S3. The number of rotatable bonds is 14. The van der Waals surface area contributed by atoms with Crippen LogP contribution in [0.1, 0.15) is 42.9 Å². The number of hydrogen-bond donors (Lipinski definition) is 2. The van der Waals surface area contributed by atoms with E-state index in [1.807, 2.05) is 19.1 Å². The Labute approximate surface area is 249 Å². The summed E-state index contributed by atoms with van der Waals surface area (Å²) >= 11 is 10.4. The van der Waals surface area contributed by atoms with Crippen LogP contribution in [-0.2, 0) is 11.3 Å². The summed E-state index contributed by atoms with van der Waals surface area (Å²) in [6, 6.07) is 14.2. The molecule has 4 rings (SSSR count). The summed E-state index contributed by atoms with van der Waals surface area (Å²) in [7, 11) is 0. The molecule has 0 unspecified atom stereocenters. The standard InChI is InChI=1S/C26H28ClN7O3S3/c1-3-5-13-37-20-11-9-17(10-12-20)23(36)28-15-21-30-32-25(34(21)19-8-6-7-18(27)14-19)39-16-22(35)29-24-31-33-26(40-24)38-4-2/h6-12,14H,3-5,13,15-16H2,1-2H3,(H,28,36)(H,29,31,35). The molecule has 210 valence electrons. The van der Waals surface area contributed by atoms with Gasteiger partial charge in [0.1, 0.15) is 5.75 Å². The Hall–Kier alpha value is -3.13. The Bertz CT molecular complexity index is 1430. The first-order valence-electron chi connectivity index (χ1n) is 12.6. The SMILES string of the molecule is CCCCOc1ccc(C(=O)NCc2nnc(SCC(=O)Nc3nnc(SCC)s3)n2-c2cccc(Cl)c2)cc1. The maximum absolute atomic E-state index is 12.8. The molecule has 0 spiro atoms. The first-order valence-corrected chi connectivity index (χ1v) is 15.7. The van der Waals surface area contributed by atoms with Gasteiger partial charge in [0.2, 0.25) is 11.0 Å². The van der Waals surface area contributed by atoms with Crippen molar-refractivity contribution in [3.63, 3.8) is 0 Å². The number of nitrogens with one attached hydrogen (secondary N) is 2. The molecule has 0 atom stereocenters. The number of unbranched alkanes of at least 4 members (excludes halogenated alkanes) is 1. The van der Waals surface area contributed by atoms with Crippen LogP contribution in [-0.4, -0.2) is 54.9 Å². The highest BCUT2D eigenvalue weighted by molar-refractivity contribution is 8.01. The minimum atomic E-state index is -0.257. The van der Waals surface area contributed by atoms with Crippen LogP contribution in [0.25, 0.3) is 5.69 Å². The fourth-order valence-corrected chi connectivity index (χ4v) is 6.03. The molecule has 4 aromatic rings. The van der Waals surface area contributed by atoms with Crippen LogP contribution in [0.15, 0.2) is 58.0 Å². The summed E-state index contributed by atoms with van der Waals surface area (Å²) in [6.45, 7) is 4.89. The van der Waals surface area contributed by atoms with Gasteiger partial charge in [-0.05, 0) is 54.6 Å². The van der Waals surface area contributed by atoms with E-state index in [1.54, 1.807) is 52.7 Å². The van der Waals surface area contributed by atoms with E-state index in [0.717, 1.165) is 28.7 Å². The Morgan fingerprint density at radius 1 is 1.05 bits per heavy atom. The normalized spacial score (nSPS) is 10.9. The second kappa shape index (κ2) is 15.0. The van der Waals surface area contributed by atoms with E-state index in [2.05, 4.69) is 38.0 Å². The molecule has 2 amide bonds. The van der Waals surface area contributed by atoms with E-state index >= 15 is 0 Å². The number of ether oxygens (including phenoxy) is 1. The van der Waals surface area contributed by atoms with E-state index in [-0.39, 0.29) is 24.1 Å². The number of carbonyl (C=O) groups excluding carboxylic acids is 2. The molecule has 2 aromatic carbocycles. The van der Waals surface area contributed by atoms with Crippen LogP contribution < -0.4 is 15.4 Å². The van der Waals surface area contributed by atoms with Crippen molar-refractivity contribution in [2.75, 3.05) is 23.4 Å². The van der Waals surface area contributed by atoms with Crippen molar-refractivity contribution >= 4 is 63.4 Å². The summed E-state index contributed by atoms with van der Waals surface area (Å²) in [5.74, 6) is 1.67. The molecular weight excluding hydrogens is 590 g/mol. The Kier molecular flexibility index (Phi) is 11.2. The fourth-order valence-electron chi connectivity index (χ4n) is 3.41. The van der Waals surface area contributed by atoms with Crippen LogP contribution in [0.2, 0.25) is 5.02 Å². The number of benzene rings is 2. The number of aromatic nitrogens is 5. The number of anilines is 1. The smallest absolute Gasteiger partial charge is 0.251 e. The van der Waals surface area contributed by atoms with E-state index in [4.69, 9.17) is 16.3 Å². The second-order valence-electron chi connectivity index (χ2n) is 8.27. The molecule has 2 aromatic heterocycles. The van der Waals surface area contributed by atoms with Crippen LogP contribution in [0.3, 0.4) is 0 Å². The van der Waals surface area contributed by atoms with Crippen molar-refractivity contribution < 1.29 is 14.3 Å². The minimum Gasteiger partial charge on any atom is -0.494 e. The molecule has 0 fully saturated rings. The van der Waals surface area contributed by atoms with E-state index in [1.165, 1.54) is 23.1 Å². The maximum Gasteiger partial charge on any atom is 0.251 e. The number of nitrogens with zero attached hydrogens (tertiary/aromatic N) is 5. The van der Waals surface area contributed by atoms with Crippen LogP contribution in [0.4, 0.5) is 5.13 Å². The van der Waals surface area contributed by atoms with Gasteiger partial charge in [0.25, 0.3) is 5.91 Å². The van der Waals surface area contributed by atoms with Gasteiger partial charge in [-0.1, -0.05) is 72.8 Å². The average molecular weight is 618 g/mol. The summed E-state index contributed by atoms with van der Waals surface area (Å²) in [4.78, 5) is 25.4. The zero-order chi connectivity index (χ0) is 28.3. The molecule has 10 nitrogen and oxygen atoms in total. The molecule has 0 aliphatic rings. The molecule has 0 radical (unpaired) electrons. The van der Waals surface area contributed by atoms with Gasteiger partial charge in [-0.2, -0.15) is 0 Å². The lowest BCUT2D eigenvalue weighted by Crippen LogP contribution is -2.24. The highest BCUT2D eigenvalue weighted by Gasteiger charge is 2.18. The van der Waals surface area contributed by atoms with E-state index < -0.39 is 0 Å². The largest absolute Gasteiger partial charge is 0.494 e. The Morgan fingerprint density at radius 2 is 1.88 bits per heavy atom. The Morgan fingerprint density at radius 3 is 2.62 bits per heavy atom. The highest BCUT2D eigenvalue weighted by Crippen LogP contribution is 2.27. The van der Waals surface area contributed by atoms with Crippen molar-refractivity contribution in [3.8, 4) is 11.4 Å². The van der Waals surface area contributed by atoms with Gasteiger partial charge in [-0.3, -0.25) is 19.5 Å². The first-order chi connectivity index (χ1) is 19.5. The number of halogens is 1. The van der Waals surface area contributed by atoms with E-state index in [0.29, 0.717) is 39.0 Å². The van der Waals surface area contributed by atoms with Crippen LogP contribution in [0.5, 0.6) is 5.75 Å². The van der Waals surface area contributed by atoms with Crippen molar-refractivity contribution in [2.24, 2.45) is 0 Å². The van der Waals surface area contributed by atoms with Crippen molar-refractivity contribution in [3.05, 3.63) is 64.9 Å². The van der Waals surface area contributed by atoms with E-state index in [9.17, 15) is 9.59 Å². The number of amides is 2. The number of thioether (sulfide) groups is 2. The summed E-state index contributed by atoms with van der Waals surface area (Å²) in [6.07, 6.45) is 2.03. The molecule has 0 saturated carbocycles. The second-order valence-corrected chi connectivity index (χ2v) is 12.1. The van der Waals surface area contributed by atoms with Crippen LogP contribution in [0, 0.1) is 0 Å². The minimum absolute atomic E-state index is 0.0770. The third-order valence-electron chi connectivity index (χ3n) is 5.31. The zero-order valence-electron chi connectivity index (χ0n) is 21.9. The van der Waals surface area contributed by atoms with Crippen molar-refractivity contribution in [1.29, 1.82) is 0 Å². The number of carbonyl (C=O) groups is 2. The summed E-state index contributed by atoms with van der Waals surface area (Å²) < 4.78 is 8.24. The van der Waals surface area contributed by atoms with Crippen molar-refractivity contribution in [1.82, 2.24) is 30.3 Å². The topological polar surface area (TPSA) is 124 Å². The van der Waals surface area contributed by atoms with Gasteiger partial charge in [0.15, 0.2) is 15.3 Å². The molecule has 0 aliphatic heterocycles. The predicted octanol–water partition coefficient (Wildman–Crippen LogP) is 5.72. The lowest BCUT2D eigenvalue weighted by molar-refractivity contribution is -0.113. The maximum atomic E-state index is 12.8. The van der Waals surface area contributed by atoms with Gasteiger partial charge >= 0.3 is 0 Å². The molecule has 40 heavy (non-hydrogen) atoms. The monoisotopic (exact) mass is 617 g/mol. The van der Waals surface area contributed by atoms with Gasteiger partial charge in [0, 0.05) is 10.6 Å². The zero-order valence-corrected chi connectivity index (χ0v) is 25.1. The Balaban J connectivity index is 1.42. The summed E-state index contributed by atoms with van der Waals surface area (Å²) in [5, 5.41) is 23.8. The fraction of sp³-hybridized carbons (Fsp3) is 0.308. The van der Waals surface area contributed by atoms with Gasteiger partial charge in [-0.15, -0.1) is 20.4 Å². The van der Waals surface area contributed by atoms with Crippen molar-refractivity contribution in [2.45, 2.75) is 42.7 Å². The lowest BCUT2D eigenvalue weighted by atomic mass is 10.2. The summed E-state index contributed by atoms with van der Waals surface area (Å²) in [5.41, 5.74) is 1.21. The molecule has 14 heteroatoms. The molecule has 0 aliphatic carbocycles. The highest BCUT2D eigenvalue weighted by atomic mass is 35.5. The third kappa shape index (κ3) is 8.43.